The Morgan fingerprint density at radius 1 is 0.288 bits per heavy atom. The van der Waals surface area contributed by atoms with Gasteiger partial charge in [-0.1, -0.05) is 266 Å². The topological polar surface area (TPSA) is 78.9 Å². The highest BCUT2D eigenvalue weighted by Crippen LogP contribution is 2.16. The second-order valence-electron chi connectivity index (χ2n) is 20.2. The summed E-state index contributed by atoms with van der Waals surface area (Å²) in [6.07, 6.45) is 81.6. The molecule has 0 radical (unpaired) electrons. The average Bonchev–Trinajstić information content (AvgIpc) is 3.39. The molecule has 0 heterocycles. The normalized spacial score (nSPS) is 12.8. The van der Waals surface area contributed by atoms with E-state index in [-0.39, 0.29) is 31.1 Å². The number of rotatable bonds is 55. The lowest BCUT2D eigenvalue weighted by Crippen LogP contribution is -2.30. The zero-order valence-corrected chi connectivity index (χ0v) is 47.9. The molecule has 0 aliphatic carbocycles. The Bertz CT molecular complexity index is 1440. The molecule has 0 bridgehead atoms. The van der Waals surface area contributed by atoms with Crippen LogP contribution in [-0.2, 0) is 28.6 Å². The van der Waals surface area contributed by atoms with E-state index in [2.05, 4.69) is 118 Å². The highest BCUT2D eigenvalue weighted by Gasteiger charge is 2.19. The van der Waals surface area contributed by atoms with Crippen LogP contribution in [0, 0.1) is 0 Å². The molecule has 73 heavy (non-hydrogen) atoms. The maximum absolute atomic E-state index is 12.8. The van der Waals surface area contributed by atoms with Crippen molar-refractivity contribution < 1.29 is 28.6 Å². The third-order valence-corrected chi connectivity index (χ3v) is 13.1. The second kappa shape index (κ2) is 60.9. The van der Waals surface area contributed by atoms with Gasteiger partial charge in [0.25, 0.3) is 0 Å². The summed E-state index contributed by atoms with van der Waals surface area (Å²) in [7, 11) is 0. The predicted molar refractivity (Wildman–Crippen MR) is 316 cm³/mol. The fraction of sp³-hybridized carbons (Fsp3) is 0.716. The van der Waals surface area contributed by atoms with Crippen molar-refractivity contribution in [2.75, 3.05) is 13.2 Å². The minimum absolute atomic E-state index is 0.0809. The minimum Gasteiger partial charge on any atom is -0.462 e. The summed E-state index contributed by atoms with van der Waals surface area (Å²) in [5, 5.41) is 0. The van der Waals surface area contributed by atoms with Gasteiger partial charge in [0.1, 0.15) is 13.2 Å². The summed E-state index contributed by atoms with van der Waals surface area (Å²) in [6, 6.07) is 0. The standard InChI is InChI=1S/C67H114O6/c1-4-7-10-13-15-17-19-21-23-25-27-29-31-32-33-34-36-37-39-41-43-45-47-49-51-54-57-60-66(69)72-63-64(62-71-65(68)59-56-53-12-9-6-3)73-67(70)61-58-55-52-50-48-46-44-42-40-38-35-30-28-26-24-22-20-18-16-14-11-8-5-2/h7,10,15,17,20-23,26-29,32-33,36-37,64H,4-6,8-9,11-14,16,18-19,24-25,30-31,34-35,38-63H2,1-3H3/b10-7-,17-15-,22-20-,23-21-,28-26-,29-27-,33-32-,37-36-. The van der Waals surface area contributed by atoms with Crippen molar-refractivity contribution in [3.63, 3.8) is 0 Å². The van der Waals surface area contributed by atoms with Crippen molar-refractivity contribution in [3.8, 4) is 0 Å². The molecule has 418 valence electrons. The van der Waals surface area contributed by atoms with Crippen molar-refractivity contribution in [1.82, 2.24) is 0 Å². The quantitative estimate of drug-likeness (QED) is 0.0261. The Kier molecular flexibility index (Phi) is 57.8. The van der Waals surface area contributed by atoms with E-state index in [1.165, 1.54) is 135 Å². The minimum atomic E-state index is -0.779. The first-order chi connectivity index (χ1) is 36.0. The van der Waals surface area contributed by atoms with Gasteiger partial charge in [-0.05, 0) is 103 Å². The summed E-state index contributed by atoms with van der Waals surface area (Å²) in [5.41, 5.74) is 0. The van der Waals surface area contributed by atoms with Gasteiger partial charge in [0.05, 0.1) is 0 Å². The number of carbonyl (C=O) groups is 3. The van der Waals surface area contributed by atoms with Gasteiger partial charge in [0.2, 0.25) is 0 Å². The van der Waals surface area contributed by atoms with Gasteiger partial charge in [-0.15, -0.1) is 0 Å². The number of carbonyl (C=O) groups excluding carboxylic acids is 3. The molecule has 0 aromatic rings. The molecule has 0 spiro atoms. The lowest BCUT2D eigenvalue weighted by molar-refractivity contribution is -0.167. The summed E-state index contributed by atoms with van der Waals surface area (Å²) >= 11 is 0. The van der Waals surface area contributed by atoms with E-state index >= 15 is 0 Å². The number of unbranched alkanes of at least 4 members (excludes halogenated alkanes) is 28. The first-order valence-corrected chi connectivity index (χ1v) is 30.7. The lowest BCUT2D eigenvalue weighted by Gasteiger charge is -2.18. The smallest absolute Gasteiger partial charge is 0.306 e. The van der Waals surface area contributed by atoms with Gasteiger partial charge < -0.3 is 14.2 Å². The van der Waals surface area contributed by atoms with Crippen molar-refractivity contribution in [1.29, 1.82) is 0 Å². The van der Waals surface area contributed by atoms with Crippen molar-refractivity contribution in [2.24, 2.45) is 0 Å². The summed E-state index contributed by atoms with van der Waals surface area (Å²) in [6.45, 7) is 6.44. The van der Waals surface area contributed by atoms with E-state index in [0.29, 0.717) is 19.3 Å². The molecule has 0 saturated heterocycles. The fourth-order valence-electron chi connectivity index (χ4n) is 8.48. The fourth-order valence-corrected chi connectivity index (χ4v) is 8.48. The molecule has 0 fully saturated rings. The molecule has 0 N–H and O–H groups in total. The third kappa shape index (κ3) is 59.1. The van der Waals surface area contributed by atoms with Crippen LogP contribution in [-0.4, -0.2) is 37.2 Å². The predicted octanol–water partition coefficient (Wildman–Crippen LogP) is 20.9. The van der Waals surface area contributed by atoms with Crippen molar-refractivity contribution >= 4 is 17.9 Å². The maximum Gasteiger partial charge on any atom is 0.306 e. The third-order valence-electron chi connectivity index (χ3n) is 13.1. The first-order valence-electron chi connectivity index (χ1n) is 30.7. The largest absolute Gasteiger partial charge is 0.462 e. The van der Waals surface area contributed by atoms with E-state index in [4.69, 9.17) is 14.2 Å². The number of hydrogen-bond donors (Lipinski definition) is 0. The number of hydrogen-bond acceptors (Lipinski definition) is 6. The molecule has 0 amide bonds. The van der Waals surface area contributed by atoms with Gasteiger partial charge >= 0.3 is 17.9 Å². The molecular weight excluding hydrogens is 901 g/mol. The molecule has 0 aliphatic heterocycles. The van der Waals surface area contributed by atoms with Crippen LogP contribution in [0.1, 0.15) is 290 Å². The SMILES string of the molecule is CC/C=C\C/C=C\C/C=C\C/C=C\C/C=C\C/C=C\CCCCCCCCCCC(=O)OCC(COC(=O)CCCCCCC)OC(=O)CCCCCCCCCCCCC/C=C\C/C=C\CCCCCCC. The Morgan fingerprint density at radius 2 is 0.534 bits per heavy atom. The maximum atomic E-state index is 12.8. The number of esters is 3. The van der Waals surface area contributed by atoms with Crippen LogP contribution >= 0.6 is 0 Å². The number of ether oxygens (including phenoxy) is 3. The molecule has 0 rings (SSSR count). The summed E-state index contributed by atoms with van der Waals surface area (Å²) in [5.74, 6) is -0.900. The highest BCUT2D eigenvalue weighted by atomic mass is 16.6. The molecule has 0 aromatic heterocycles. The molecule has 6 heteroatoms. The van der Waals surface area contributed by atoms with E-state index < -0.39 is 6.10 Å². The van der Waals surface area contributed by atoms with E-state index in [1.807, 2.05) is 0 Å². The first kappa shape index (κ1) is 69.3. The summed E-state index contributed by atoms with van der Waals surface area (Å²) < 4.78 is 16.8. The molecule has 1 unspecified atom stereocenters. The molecule has 0 aliphatic rings. The van der Waals surface area contributed by atoms with Crippen LogP contribution in [0.4, 0.5) is 0 Å². The molecule has 1 atom stereocenters. The van der Waals surface area contributed by atoms with Crippen LogP contribution in [0.15, 0.2) is 97.2 Å². The van der Waals surface area contributed by atoms with E-state index in [0.717, 1.165) is 116 Å². The van der Waals surface area contributed by atoms with E-state index in [1.54, 1.807) is 0 Å². The Balaban J connectivity index is 4.10. The van der Waals surface area contributed by atoms with Crippen molar-refractivity contribution in [2.45, 2.75) is 297 Å². The lowest BCUT2D eigenvalue weighted by atomic mass is 10.0. The molecular formula is C67H114O6. The highest BCUT2D eigenvalue weighted by molar-refractivity contribution is 5.71. The molecule has 6 nitrogen and oxygen atoms in total. The van der Waals surface area contributed by atoms with E-state index in [9.17, 15) is 14.4 Å². The summed E-state index contributed by atoms with van der Waals surface area (Å²) in [4.78, 5) is 37.9. The number of allylic oxidation sites excluding steroid dienone is 16. The Morgan fingerprint density at radius 3 is 0.836 bits per heavy atom. The van der Waals surface area contributed by atoms with Crippen LogP contribution in [0.25, 0.3) is 0 Å². The van der Waals surface area contributed by atoms with Crippen molar-refractivity contribution in [3.05, 3.63) is 97.2 Å². The molecule has 0 aromatic carbocycles. The van der Waals surface area contributed by atoms with Gasteiger partial charge in [-0.3, -0.25) is 14.4 Å². The van der Waals surface area contributed by atoms with Gasteiger partial charge in [0.15, 0.2) is 6.10 Å². The van der Waals surface area contributed by atoms with Crippen LogP contribution in [0.3, 0.4) is 0 Å². The van der Waals surface area contributed by atoms with Gasteiger partial charge in [-0.25, -0.2) is 0 Å². The Hall–Kier alpha value is -3.67. The second-order valence-corrected chi connectivity index (χ2v) is 20.2. The van der Waals surface area contributed by atoms with Gasteiger partial charge in [0, 0.05) is 19.3 Å². The zero-order valence-electron chi connectivity index (χ0n) is 47.9. The zero-order chi connectivity index (χ0) is 52.9. The van der Waals surface area contributed by atoms with Crippen LogP contribution < -0.4 is 0 Å². The van der Waals surface area contributed by atoms with Crippen LogP contribution in [0.5, 0.6) is 0 Å². The molecule has 0 saturated carbocycles. The van der Waals surface area contributed by atoms with Crippen LogP contribution in [0.2, 0.25) is 0 Å². The monoisotopic (exact) mass is 1010 g/mol. The average molecular weight is 1020 g/mol. The van der Waals surface area contributed by atoms with Gasteiger partial charge in [-0.2, -0.15) is 0 Å². The Labute approximate surface area is 451 Å².